The predicted molar refractivity (Wildman–Crippen MR) is 101 cm³/mol. The minimum Gasteiger partial charge on any atom is -0.467 e. The van der Waals surface area contributed by atoms with Crippen molar-refractivity contribution in [2.75, 3.05) is 7.11 Å². The summed E-state index contributed by atoms with van der Waals surface area (Å²) in [5.74, 6) is -4.15. The van der Waals surface area contributed by atoms with Crippen molar-refractivity contribution in [1.82, 2.24) is 5.32 Å². The summed E-state index contributed by atoms with van der Waals surface area (Å²) in [7, 11) is -3.40. The predicted octanol–water partition coefficient (Wildman–Crippen LogP) is 2.93. The van der Waals surface area contributed by atoms with Crippen LogP contribution in [-0.2, 0) is 23.4 Å². The summed E-state index contributed by atoms with van der Waals surface area (Å²) in [6.07, 6.45) is -2.50. The number of alkyl carbamates (subject to hydrolysis) is 1. The van der Waals surface area contributed by atoms with E-state index in [1.54, 1.807) is 45.9 Å². The number of esters is 2. The largest absolute Gasteiger partial charge is 0.467 e. The normalized spacial score (nSPS) is 15.4. The van der Waals surface area contributed by atoms with Crippen molar-refractivity contribution in [2.45, 2.75) is 39.6 Å². The third-order valence-corrected chi connectivity index (χ3v) is 5.70. The Kier molecular flexibility index (Phi) is 8.81. The van der Waals surface area contributed by atoms with Crippen LogP contribution in [0.15, 0.2) is 30.3 Å². The van der Waals surface area contributed by atoms with E-state index in [0.29, 0.717) is 0 Å². The van der Waals surface area contributed by atoms with Crippen molar-refractivity contribution in [3.63, 3.8) is 0 Å². The average Bonchev–Trinajstić information content (AvgIpc) is 2.63. The van der Waals surface area contributed by atoms with Gasteiger partial charge >= 0.3 is 25.6 Å². The van der Waals surface area contributed by atoms with Gasteiger partial charge in [-0.15, -0.1) is 0 Å². The molecule has 0 heterocycles. The van der Waals surface area contributed by atoms with Crippen molar-refractivity contribution in [1.29, 1.82) is 0 Å². The van der Waals surface area contributed by atoms with Crippen LogP contribution in [0.3, 0.4) is 0 Å². The zero-order valence-corrected chi connectivity index (χ0v) is 17.3. The van der Waals surface area contributed by atoms with Crippen LogP contribution in [0.4, 0.5) is 4.79 Å². The van der Waals surface area contributed by atoms with Gasteiger partial charge in [-0.25, -0.2) is 14.4 Å². The monoisotopic (exact) mass is 415 g/mol. The fourth-order valence-electron chi connectivity index (χ4n) is 2.27. The molecule has 1 unspecified atom stereocenters. The quantitative estimate of drug-likeness (QED) is 0.377. The van der Waals surface area contributed by atoms with E-state index in [-0.39, 0.29) is 5.56 Å². The molecule has 156 valence electrons. The molecule has 1 aromatic rings. The van der Waals surface area contributed by atoms with Gasteiger partial charge in [0, 0.05) is 0 Å². The molecule has 0 fully saturated rings. The molecule has 1 aromatic carbocycles. The fraction of sp³-hybridized carbons (Fsp3) is 0.500. The molecular weight excluding hydrogens is 389 g/mol. The summed E-state index contributed by atoms with van der Waals surface area (Å²) in [6.45, 7) is 6.37. The van der Waals surface area contributed by atoms with Crippen molar-refractivity contribution in [3.05, 3.63) is 35.9 Å². The molecule has 2 N–H and O–H groups in total. The minimum atomic E-state index is -4.53. The highest BCUT2D eigenvalue weighted by atomic mass is 31.2. The second-order valence-electron chi connectivity index (χ2n) is 6.73. The highest BCUT2D eigenvalue weighted by Crippen LogP contribution is 2.51. The van der Waals surface area contributed by atoms with E-state index in [2.05, 4.69) is 14.8 Å². The number of amides is 1. The fourth-order valence-corrected chi connectivity index (χ4v) is 4.08. The van der Waals surface area contributed by atoms with E-state index in [1.807, 2.05) is 0 Å². The molecule has 0 saturated heterocycles. The molecule has 0 bridgehead atoms. The van der Waals surface area contributed by atoms with Crippen LogP contribution in [0.1, 0.15) is 38.1 Å². The van der Waals surface area contributed by atoms with Gasteiger partial charge in [0.05, 0.1) is 12.7 Å². The van der Waals surface area contributed by atoms with Gasteiger partial charge in [-0.05, 0) is 24.0 Å². The second-order valence-corrected chi connectivity index (χ2v) is 8.63. The lowest BCUT2D eigenvalue weighted by molar-refractivity contribution is -0.151. The topological polar surface area (TPSA) is 128 Å². The Balaban J connectivity index is 2.90. The number of carbonyl (C=O) groups is 3. The first kappa shape index (κ1) is 23.8. The van der Waals surface area contributed by atoms with Crippen LogP contribution in [0.2, 0.25) is 0 Å². The van der Waals surface area contributed by atoms with E-state index in [9.17, 15) is 23.8 Å². The molecule has 0 spiro atoms. The summed E-state index contributed by atoms with van der Waals surface area (Å²) in [6, 6.07) is 7.80. The highest BCUT2D eigenvalue weighted by molar-refractivity contribution is 7.53. The zero-order chi connectivity index (χ0) is 21.5. The molecule has 0 aromatic heterocycles. The molecule has 0 aliphatic rings. The number of rotatable bonds is 8. The van der Waals surface area contributed by atoms with Crippen molar-refractivity contribution >= 4 is 25.6 Å². The van der Waals surface area contributed by atoms with E-state index in [0.717, 1.165) is 7.11 Å². The van der Waals surface area contributed by atoms with Gasteiger partial charge in [0.25, 0.3) is 0 Å². The molecule has 0 saturated carbocycles. The van der Waals surface area contributed by atoms with Crippen molar-refractivity contribution in [2.24, 2.45) is 11.8 Å². The Morgan fingerprint density at radius 2 is 1.61 bits per heavy atom. The Morgan fingerprint density at radius 1 is 1.04 bits per heavy atom. The van der Waals surface area contributed by atoms with Crippen molar-refractivity contribution in [3.8, 4) is 0 Å². The standard InChI is InChI=1S/C18H26NO8P/c1-11(2)14(17(21)25-5)27-28(23,24)15(12(3)4)19-18(22)26-16(20)13-9-7-6-8-10-13/h6-12,14-15H,1-5H3,(H,19,22)(H,23,24)/t14-,15+/m1/s1. The summed E-state index contributed by atoms with van der Waals surface area (Å²) in [4.78, 5) is 46.2. The number of benzene rings is 1. The summed E-state index contributed by atoms with van der Waals surface area (Å²) >= 11 is 0. The third kappa shape index (κ3) is 6.74. The van der Waals surface area contributed by atoms with Crippen LogP contribution in [0, 0.1) is 11.8 Å². The van der Waals surface area contributed by atoms with Gasteiger partial charge in [-0.1, -0.05) is 45.9 Å². The van der Waals surface area contributed by atoms with E-state index < -0.39 is 49.4 Å². The summed E-state index contributed by atoms with van der Waals surface area (Å²) in [5, 5.41) is 2.19. The number of carbonyl (C=O) groups excluding carboxylic acids is 3. The maximum atomic E-state index is 12.8. The lowest BCUT2D eigenvalue weighted by atomic mass is 10.1. The molecular formula is C18H26NO8P. The minimum absolute atomic E-state index is 0.146. The Bertz CT molecular complexity index is 734. The second kappa shape index (κ2) is 10.4. The molecule has 1 rings (SSSR count). The van der Waals surface area contributed by atoms with Crippen LogP contribution in [0.25, 0.3) is 0 Å². The van der Waals surface area contributed by atoms with Crippen LogP contribution in [-0.4, -0.2) is 41.9 Å². The highest BCUT2D eigenvalue weighted by Gasteiger charge is 2.42. The first-order valence-corrected chi connectivity index (χ1v) is 10.3. The molecule has 0 radical (unpaired) electrons. The Hall–Kier alpha value is -2.22. The first-order valence-electron chi connectivity index (χ1n) is 8.66. The Labute approximate surface area is 163 Å². The van der Waals surface area contributed by atoms with Gasteiger partial charge in [0.2, 0.25) is 0 Å². The maximum Gasteiger partial charge on any atom is 0.415 e. The number of nitrogens with one attached hydrogen (secondary N) is 1. The zero-order valence-electron chi connectivity index (χ0n) is 16.4. The SMILES string of the molecule is COC(=O)[C@H](OP(=O)(O)[C@H](NC(=O)OC(=O)c1ccccc1)C(C)C)C(C)C. The van der Waals surface area contributed by atoms with Gasteiger partial charge in [-0.2, -0.15) is 0 Å². The summed E-state index contributed by atoms with van der Waals surface area (Å²) in [5.41, 5.74) is 0.146. The number of hydrogen-bond donors (Lipinski definition) is 2. The van der Waals surface area contributed by atoms with E-state index in [1.165, 1.54) is 12.1 Å². The maximum absolute atomic E-state index is 12.8. The van der Waals surface area contributed by atoms with E-state index in [4.69, 9.17) is 4.52 Å². The van der Waals surface area contributed by atoms with Crippen molar-refractivity contribution < 1.29 is 37.8 Å². The number of ether oxygens (including phenoxy) is 2. The van der Waals surface area contributed by atoms with Crippen LogP contribution >= 0.6 is 7.60 Å². The lowest BCUT2D eigenvalue weighted by Crippen LogP contribution is -2.41. The van der Waals surface area contributed by atoms with Crippen LogP contribution < -0.4 is 5.32 Å². The number of methoxy groups -OCH3 is 1. The van der Waals surface area contributed by atoms with Gasteiger partial charge < -0.3 is 19.7 Å². The molecule has 1 amide bonds. The molecule has 10 heteroatoms. The van der Waals surface area contributed by atoms with E-state index >= 15 is 0 Å². The third-order valence-electron chi connectivity index (χ3n) is 3.75. The van der Waals surface area contributed by atoms with Crippen LogP contribution in [0.5, 0.6) is 0 Å². The van der Waals surface area contributed by atoms with Gasteiger partial charge in [0.15, 0.2) is 6.10 Å². The number of hydrogen-bond acceptors (Lipinski definition) is 7. The van der Waals surface area contributed by atoms with Gasteiger partial charge in [0.1, 0.15) is 5.78 Å². The first-order chi connectivity index (χ1) is 13.0. The molecule has 9 nitrogen and oxygen atoms in total. The smallest absolute Gasteiger partial charge is 0.415 e. The lowest BCUT2D eigenvalue weighted by Gasteiger charge is -2.29. The average molecular weight is 415 g/mol. The molecule has 0 aliphatic carbocycles. The van der Waals surface area contributed by atoms with Gasteiger partial charge in [-0.3, -0.25) is 9.09 Å². The molecule has 0 aliphatic heterocycles. The summed E-state index contributed by atoms with van der Waals surface area (Å²) < 4.78 is 27.2. The Morgan fingerprint density at radius 3 is 2.07 bits per heavy atom. The molecule has 28 heavy (non-hydrogen) atoms. The molecule has 3 atom stereocenters.